The normalized spacial score (nSPS) is 22.0. The van der Waals surface area contributed by atoms with Crippen LogP contribution in [0.1, 0.15) is 61.9 Å². The largest absolute Gasteiger partial charge is 0.465 e. The van der Waals surface area contributed by atoms with Crippen molar-refractivity contribution in [2.75, 3.05) is 19.6 Å². The fraction of sp³-hybridized carbons (Fsp3) is 0.630. The first kappa shape index (κ1) is 27.3. The van der Waals surface area contributed by atoms with Gasteiger partial charge in [-0.25, -0.2) is 15.0 Å². The number of ether oxygens (including phenoxy) is 1. The monoisotopic (exact) mass is 520 g/mol. The fourth-order valence-corrected chi connectivity index (χ4v) is 5.01. The third-order valence-electron chi connectivity index (χ3n) is 7.33. The topological polar surface area (TPSA) is 80.8 Å². The molecular formula is C27H35F3N4O3. The molecule has 0 unspecified atom stereocenters. The van der Waals surface area contributed by atoms with Gasteiger partial charge in [0.1, 0.15) is 5.76 Å². The van der Waals surface area contributed by atoms with Crippen LogP contribution >= 0.6 is 0 Å². The van der Waals surface area contributed by atoms with Crippen LogP contribution in [0.2, 0.25) is 0 Å². The van der Waals surface area contributed by atoms with E-state index >= 15 is 0 Å². The Balaban J connectivity index is 1.17. The summed E-state index contributed by atoms with van der Waals surface area (Å²) < 4.78 is 48.8. The summed E-state index contributed by atoms with van der Waals surface area (Å²) >= 11 is 0. The summed E-state index contributed by atoms with van der Waals surface area (Å²) in [5.74, 6) is 1.91. The summed E-state index contributed by atoms with van der Waals surface area (Å²) in [6.45, 7) is 5.50. The van der Waals surface area contributed by atoms with Crippen LogP contribution in [-0.2, 0) is 24.1 Å². The van der Waals surface area contributed by atoms with Crippen LogP contribution in [-0.4, -0.2) is 58.9 Å². The van der Waals surface area contributed by atoms with Crippen molar-refractivity contribution in [3.05, 3.63) is 41.2 Å². The lowest BCUT2D eigenvalue weighted by Crippen LogP contribution is -2.31. The number of aryl methyl sites for hydroxylation is 1. The van der Waals surface area contributed by atoms with E-state index in [4.69, 9.17) is 9.15 Å². The first-order chi connectivity index (χ1) is 17.7. The molecule has 2 aromatic heterocycles. The van der Waals surface area contributed by atoms with Gasteiger partial charge in [0, 0.05) is 44.4 Å². The molecule has 0 N–H and O–H groups in total. The number of halogens is 3. The standard InChI is InChI=1S/C27H35F3N4O3/c1-18(27(28,29)30)36-26-8-7-22-10-13-34(14-11-24(22)33-26)12-9-20-3-5-21(6-4-20)16-32-25(35)15-23-17-31-19(2)37-23/h7-8,16-18,20-21H,3-6,9-15H2,1-2H3/b32-16+/t18-,20?,21?/m1/s1. The van der Waals surface area contributed by atoms with Gasteiger partial charge in [-0.15, -0.1) is 0 Å². The maximum Gasteiger partial charge on any atom is 0.425 e. The van der Waals surface area contributed by atoms with E-state index in [2.05, 4.69) is 19.9 Å². The number of fused-ring (bicyclic) bond motifs is 1. The molecule has 0 radical (unpaired) electrons. The van der Waals surface area contributed by atoms with Gasteiger partial charge >= 0.3 is 6.18 Å². The van der Waals surface area contributed by atoms with Crippen molar-refractivity contribution in [3.63, 3.8) is 0 Å². The average Bonchev–Trinajstić information content (AvgIpc) is 3.15. The summed E-state index contributed by atoms with van der Waals surface area (Å²) in [6, 6.07) is 3.39. The predicted octanol–water partition coefficient (Wildman–Crippen LogP) is 5.14. The zero-order valence-corrected chi connectivity index (χ0v) is 21.5. The fourth-order valence-electron chi connectivity index (χ4n) is 5.01. The molecule has 202 valence electrons. The molecule has 1 fully saturated rings. The van der Waals surface area contributed by atoms with Gasteiger partial charge in [0.15, 0.2) is 12.0 Å². The molecule has 4 rings (SSSR count). The molecule has 0 bridgehead atoms. The number of aliphatic imine (C=N–C) groups is 1. The Kier molecular flexibility index (Phi) is 9.00. The van der Waals surface area contributed by atoms with Gasteiger partial charge in [-0.05, 0) is 69.4 Å². The molecule has 0 aromatic carbocycles. The molecule has 1 aliphatic heterocycles. The van der Waals surface area contributed by atoms with Crippen LogP contribution in [0, 0.1) is 18.8 Å². The highest BCUT2D eigenvalue weighted by atomic mass is 19.4. The van der Waals surface area contributed by atoms with Crippen molar-refractivity contribution in [1.29, 1.82) is 0 Å². The van der Waals surface area contributed by atoms with E-state index in [1.54, 1.807) is 19.2 Å². The number of carbonyl (C=O) groups is 1. The molecule has 2 aliphatic rings. The van der Waals surface area contributed by atoms with Crippen molar-refractivity contribution >= 4 is 12.1 Å². The number of carbonyl (C=O) groups excluding carboxylic acids is 1. The smallest absolute Gasteiger partial charge is 0.425 e. The van der Waals surface area contributed by atoms with Crippen molar-refractivity contribution in [2.45, 2.75) is 77.5 Å². The second-order valence-electron chi connectivity index (χ2n) is 10.2. The van der Waals surface area contributed by atoms with Gasteiger partial charge in [0.2, 0.25) is 5.88 Å². The molecule has 2 aromatic rings. The molecule has 1 atom stereocenters. The first-order valence-corrected chi connectivity index (χ1v) is 13.1. The summed E-state index contributed by atoms with van der Waals surface area (Å²) in [7, 11) is 0. The van der Waals surface area contributed by atoms with E-state index in [0.29, 0.717) is 29.9 Å². The number of nitrogens with zero attached hydrogens (tertiary/aromatic N) is 4. The number of aromatic nitrogens is 2. The zero-order valence-electron chi connectivity index (χ0n) is 21.5. The number of alkyl halides is 3. The van der Waals surface area contributed by atoms with Crippen LogP contribution < -0.4 is 4.74 Å². The molecule has 1 aliphatic carbocycles. The molecule has 1 saturated carbocycles. The van der Waals surface area contributed by atoms with E-state index in [9.17, 15) is 18.0 Å². The maximum absolute atomic E-state index is 12.8. The van der Waals surface area contributed by atoms with Crippen LogP contribution in [0.4, 0.5) is 13.2 Å². The lowest BCUT2D eigenvalue weighted by atomic mass is 9.81. The zero-order chi connectivity index (χ0) is 26.4. The number of amides is 1. The highest BCUT2D eigenvalue weighted by Gasteiger charge is 2.38. The van der Waals surface area contributed by atoms with E-state index in [1.165, 1.54) is 0 Å². The summed E-state index contributed by atoms with van der Waals surface area (Å²) in [5.41, 5.74) is 1.92. The number of rotatable bonds is 8. The van der Waals surface area contributed by atoms with Gasteiger partial charge in [-0.3, -0.25) is 4.79 Å². The number of oxazole rings is 1. The quantitative estimate of drug-likeness (QED) is 0.448. The maximum atomic E-state index is 12.8. The summed E-state index contributed by atoms with van der Waals surface area (Å²) in [4.78, 5) is 27.0. The number of pyridine rings is 1. The van der Waals surface area contributed by atoms with Crippen molar-refractivity contribution in [3.8, 4) is 5.88 Å². The molecule has 10 heteroatoms. The van der Waals surface area contributed by atoms with Gasteiger partial charge in [-0.1, -0.05) is 6.07 Å². The van der Waals surface area contributed by atoms with Crippen molar-refractivity contribution in [1.82, 2.24) is 14.9 Å². The van der Waals surface area contributed by atoms with E-state index in [1.807, 2.05) is 12.3 Å². The second-order valence-corrected chi connectivity index (χ2v) is 10.2. The van der Waals surface area contributed by atoms with E-state index < -0.39 is 12.3 Å². The Morgan fingerprint density at radius 1 is 1.24 bits per heavy atom. The highest BCUT2D eigenvalue weighted by molar-refractivity contribution is 5.86. The predicted molar refractivity (Wildman–Crippen MR) is 133 cm³/mol. The molecule has 0 saturated heterocycles. The van der Waals surface area contributed by atoms with E-state index in [-0.39, 0.29) is 18.2 Å². The Labute approximate surface area is 215 Å². The third-order valence-corrected chi connectivity index (χ3v) is 7.33. The molecule has 7 nitrogen and oxygen atoms in total. The molecular weight excluding hydrogens is 485 g/mol. The van der Waals surface area contributed by atoms with Gasteiger partial charge in [0.25, 0.3) is 5.91 Å². The lowest BCUT2D eigenvalue weighted by molar-refractivity contribution is -0.190. The SMILES string of the molecule is Cc1ncc(CC(=O)/N=C/C2CCC(CCN3CCc4ccc(O[C@H](C)C(F)(F)F)nc4CC3)CC2)o1. The number of hydrogen-bond donors (Lipinski definition) is 0. The first-order valence-electron chi connectivity index (χ1n) is 13.1. The van der Waals surface area contributed by atoms with Gasteiger partial charge in [0.05, 0.1) is 12.6 Å². The molecule has 3 heterocycles. The number of hydrogen-bond acceptors (Lipinski definition) is 6. The van der Waals surface area contributed by atoms with Crippen LogP contribution in [0.3, 0.4) is 0 Å². The van der Waals surface area contributed by atoms with Crippen LogP contribution in [0.5, 0.6) is 5.88 Å². The minimum atomic E-state index is -4.41. The van der Waals surface area contributed by atoms with Crippen LogP contribution in [0.25, 0.3) is 0 Å². The van der Waals surface area contributed by atoms with Crippen molar-refractivity contribution < 1.29 is 27.1 Å². The highest BCUT2D eigenvalue weighted by Crippen LogP contribution is 2.31. The van der Waals surface area contributed by atoms with Crippen LogP contribution in [0.15, 0.2) is 27.7 Å². The lowest BCUT2D eigenvalue weighted by Gasteiger charge is -2.28. The van der Waals surface area contributed by atoms with Gasteiger partial charge in [-0.2, -0.15) is 13.2 Å². The Bertz CT molecular complexity index is 1080. The molecule has 37 heavy (non-hydrogen) atoms. The Morgan fingerprint density at radius 2 is 2.00 bits per heavy atom. The van der Waals surface area contributed by atoms with Gasteiger partial charge < -0.3 is 14.1 Å². The third kappa shape index (κ3) is 8.12. The molecule has 1 amide bonds. The minimum absolute atomic E-state index is 0.0343. The minimum Gasteiger partial charge on any atom is -0.465 e. The Hall–Kier alpha value is -2.75. The summed E-state index contributed by atoms with van der Waals surface area (Å²) in [5, 5.41) is 0. The second kappa shape index (κ2) is 12.2. The molecule has 0 spiro atoms. The van der Waals surface area contributed by atoms with E-state index in [0.717, 1.165) is 76.3 Å². The Morgan fingerprint density at radius 3 is 2.70 bits per heavy atom. The average molecular weight is 521 g/mol. The van der Waals surface area contributed by atoms with Crippen molar-refractivity contribution in [2.24, 2.45) is 16.8 Å². The summed E-state index contributed by atoms with van der Waals surface area (Å²) in [6.07, 6.45) is 4.22.